The number of aliphatic carboxylic acids is 1. The van der Waals surface area contributed by atoms with E-state index in [0.717, 1.165) is 29.7 Å². The van der Waals surface area contributed by atoms with Crippen LogP contribution >= 0.6 is 11.3 Å². The predicted molar refractivity (Wildman–Crippen MR) is 91.1 cm³/mol. The summed E-state index contributed by atoms with van der Waals surface area (Å²) in [5.74, 6) is -3.17. The summed E-state index contributed by atoms with van der Waals surface area (Å²) in [6.07, 6.45) is 2.46. The lowest BCUT2D eigenvalue weighted by molar-refractivity contribution is -0.140. The van der Waals surface area contributed by atoms with Gasteiger partial charge in [-0.15, -0.1) is 11.3 Å². The molecule has 0 saturated heterocycles. The third-order valence-corrected chi connectivity index (χ3v) is 5.45. The molecule has 0 radical (unpaired) electrons. The second-order valence-electron chi connectivity index (χ2n) is 5.87. The zero-order valence-electron chi connectivity index (χ0n) is 13.2. The second kappa shape index (κ2) is 7.03. The molecule has 1 aliphatic rings. The summed E-state index contributed by atoms with van der Waals surface area (Å²) < 4.78 is 13.0. The molecule has 1 amide bonds. The van der Waals surface area contributed by atoms with Crippen molar-refractivity contribution in [2.24, 2.45) is 0 Å². The second-order valence-corrected chi connectivity index (χ2v) is 6.97. The first-order chi connectivity index (χ1) is 12.0. The van der Waals surface area contributed by atoms with E-state index in [1.165, 1.54) is 35.6 Å². The minimum Gasteiger partial charge on any atom is -0.481 e. The Labute approximate surface area is 147 Å². The Kier molecular flexibility index (Phi) is 4.81. The quantitative estimate of drug-likeness (QED) is 0.857. The van der Waals surface area contributed by atoms with E-state index in [2.05, 4.69) is 11.4 Å². The molecular weight excluding hydrogens is 343 g/mol. The first kappa shape index (κ1) is 17.1. The summed E-state index contributed by atoms with van der Waals surface area (Å²) in [6.45, 7) is 0. The van der Waals surface area contributed by atoms with Gasteiger partial charge in [-0.25, -0.2) is 4.39 Å². The van der Waals surface area contributed by atoms with Gasteiger partial charge in [-0.2, -0.15) is 5.26 Å². The number of nitrogens with zero attached hydrogens (tertiary/aromatic N) is 1. The highest BCUT2D eigenvalue weighted by molar-refractivity contribution is 7.16. The Morgan fingerprint density at radius 2 is 2.04 bits per heavy atom. The van der Waals surface area contributed by atoms with E-state index >= 15 is 0 Å². The number of hydrogen-bond acceptors (Lipinski definition) is 4. The van der Waals surface area contributed by atoms with Gasteiger partial charge in [0.2, 0.25) is 5.91 Å². The smallest absolute Gasteiger partial charge is 0.311 e. The van der Waals surface area contributed by atoms with Crippen molar-refractivity contribution in [3.8, 4) is 6.07 Å². The molecule has 25 heavy (non-hydrogen) atoms. The molecular formula is C18H15FN2O3S. The molecule has 128 valence electrons. The van der Waals surface area contributed by atoms with E-state index in [1.54, 1.807) is 0 Å². The van der Waals surface area contributed by atoms with Crippen LogP contribution in [0.15, 0.2) is 24.3 Å². The van der Waals surface area contributed by atoms with Crippen LogP contribution in [0.2, 0.25) is 0 Å². The van der Waals surface area contributed by atoms with Gasteiger partial charge in [0.1, 0.15) is 16.9 Å². The van der Waals surface area contributed by atoms with E-state index in [-0.39, 0.29) is 6.42 Å². The molecule has 1 heterocycles. The normalized spacial score (nSPS) is 13.8. The van der Waals surface area contributed by atoms with Gasteiger partial charge in [0.25, 0.3) is 0 Å². The largest absolute Gasteiger partial charge is 0.481 e. The number of rotatable bonds is 5. The number of nitrogens with one attached hydrogen (secondary N) is 1. The molecule has 0 fully saturated rings. The van der Waals surface area contributed by atoms with Crippen molar-refractivity contribution in [2.75, 3.05) is 5.32 Å². The number of anilines is 1. The summed E-state index contributed by atoms with van der Waals surface area (Å²) >= 11 is 1.38. The minimum absolute atomic E-state index is 0.283. The average molecular weight is 358 g/mol. The highest BCUT2D eigenvalue weighted by Crippen LogP contribution is 2.38. The van der Waals surface area contributed by atoms with Crippen LogP contribution in [0.25, 0.3) is 0 Å². The fraction of sp³-hybridized carbons (Fsp3) is 0.278. The Bertz CT molecular complexity index is 868. The number of benzene rings is 1. The van der Waals surface area contributed by atoms with Gasteiger partial charge in [-0.05, 0) is 42.5 Å². The molecule has 1 aromatic heterocycles. The van der Waals surface area contributed by atoms with Crippen LogP contribution < -0.4 is 5.32 Å². The number of halogens is 1. The molecule has 3 rings (SSSR count). The van der Waals surface area contributed by atoms with Crippen molar-refractivity contribution in [1.82, 2.24) is 0 Å². The fourth-order valence-corrected chi connectivity index (χ4v) is 4.27. The van der Waals surface area contributed by atoms with Crippen LogP contribution in [-0.4, -0.2) is 17.0 Å². The third kappa shape index (κ3) is 3.54. The van der Waals surface area contributed by atoms with Crippen LogP contribution in [0, 0.1) is 17.1 Å². The molecule has 1 unspecified atom stereocenters. The van der Waals surface area contributed by atoms with Crippen molar-refractivity contribution in [3.63, 3.8) is 0 Å². The number of carbonyl (C=O) groups excluding carboxylic acids is 1. The lowest BCUT2D eigenvalue weighted by Crippen LogP contribution is -2.21. The van der Waals surface area contributed by atoms with Crippen molar-refractivity contribution in [3.05, 3.63) is 51.7 Å². The van der Waals surface area contributed by atoms with Crippen molar-refractivity contribution < 1.29 is 19.1 Å². The Morgan fingerprint density at radius 1 is 1.32 bits per heavy atom. The maximum Gasteiger partial charge on any atom is 0.311 e. The summed E-state index contributed by atoms with van der Waals surface area (Å²) in [7, 11) is 0. The first-order valence-corrected chi connectivity index (χ1v) is 8.64. The molecule has 2 aromatic rings. The number of carboxylic acid groups (broad SMARTS) is 1. The number of nitriles is 1. The lowest BCUT2D eigenvalue weighted by Gasteiger charge is -2.12. The zero-order valence-corrected chi connectivity index (χ0v) is 14.0. The van der Waals surface area contributed by atoms with Gasteiger partial charge in [-0.1, -0.05) is 12.1 Å². The molecule has 1 atom stereocenters. The lowest BCUT2D eigenvalue weighted by atomic mass is 9.95. The van der Waals surface area contributed by atoms with Crippen LogP contribution in [0.1, 0.15) is 40.3 Å². The number of carboxylic acids is 1. The highest BCUT2D eigenvalue weighted by Gasteiger charge is 2.26. The molecule has 2 N–H and O–H groups in total. The van der Waals surface area contributed by atoms with E-state index in [9.17, 15) is 24.3 Å². The van der Waals surface area contributed by atoms with Gasteiger partial charge in [0, 0.05) is 11.3 Å². The average Bonchev–Trinajstić information content (AvgIpc) is 3.13. The minimum atomic E-state index is -1.16. The third-order valence-electron chi connectivity index (χ3n) is 4.25. The fourth-order valence-electron chi connectivity index (χ4n) is 3.02. The maximum absolute atomic E-state index is 13.0. The molecule has 0 spiro atoms. The molecule has 7 heteroatoms. The van der Waals surface area contributed by atoms with Crippen LogP contribution in [0.5, 0.6) is 0 Å². The van der Waals surface area contributed by atoms with Gasteiger partial charge in [-0.3, -0.25) is 9.59 Å². The van der Waals surface area contributed by atoms with Gasteiger partial charge in [0.15, 0.2) is 0 Å². The Balaban J connectivity index is 1.76. The number of hydrogen-bond donors (Lipinski definition) is 2. The molecule has 0 aliphatic heterocycles. The summed E-state index contributed by atoms with van der Waals surface area (Å²) in [4.78, 5) is 24.9. The van der Waals surface area contributed by atoms with Crippen LogP contribution in [0.3, 0.4) is 0 Å². The van der Waals surface area contributed by atoms with Gasteiger partial charge < -0.3 is 10.4 Å². The summed E-state index contributed by atoms with van der Waals surface area (Å²) in [5.41, 5.74) is 1.84. The summed E-state index contributed by atoms with van der Waals surface area (Å²) in [5, 5.41) is 21.9. The predicted octanol–water partition coefficient (Wildman–Crippen LogP) is 3.44. The maximum atomic E-state index is 13.0. The van der Waals surface area contributed by atoms with E-state index in [1.807, 2.05) is 0 Å². The number of carbonyl (C=O) groups is 2. The molecule has 1 aromatic carbocycles. The number of thiophene rings is 1. The highest BCUT2D eigenvalue weighted by atomic mass is 32.1. The standard InChI is InChI=1S/C18H15FN2O3S/c19-11-6-4-10(5-7-11)13(18(23)24)8-16(22)21-17-14(9-20)12-2-1-3-15(12)25-17/h4-7,13H,1-3,8H2,(H,21,22)(H,23,24). The van der Waals surface area contributed by atoms with Crippen LogP contribution in [0.4, 0.5) is 9.39 Å². The van der Waals surface area contributed by atoms with Crippen molar-refractivity contribution in [2.45, 2.75) is 31.6 Å². The van der Waals surface area contributed by atoms with Crippen molar-refractivity contribution >= 4 is 28.2 Å². The number of amides is 1. The summed E-state index contributed by atoms with van der Waals surface area (Å²) in [6, 6.07) is 7.19. The Hall–Kier alpha value is -2.72. The number of fused-ring (bicyclic) bond motifs is 1. The van der Waals surface area contributed by atoms with E-state index in [0.29, 0.717) is 16.1 Å². The van der Waals surface area contributed by atoms with Gasteiger partial charge >= 0.3 is 5.97 Å². The van der Waals surface area contributed by atoms with Crippen LogP contribution in [-0.2, 0) is 22.4 Å². The molecule has 1 aliphatic carbocycles. The van der Waals surface area contributed by atoms with E-state index in [4.69, 9.17) is 0 Å². The molecule has 5 nitrogen and oxygen atoms in total. The van der Waals surface area contributed by atoms with E-state index < -0.39 is 23.6 Å². The molecule has 0 saturated carbocycles. The molecule has 0 bridgehead atoms. The zero-order chi connectivity index (χ0) is 18.0. The SMILES string of the molecule is N#Cc1c(NC(=O)CC(C(=O)O)c2ccc(F)cc2)sc2c1CCC2. The Morgan fingerprint density at radius 3 is 2.68 bits per heavy atom. The first-order valence-electron chi connectivity index (χ1n) is 7.82. The van der Waals surface area contributed by atoms with Gasteiger partial charge in [0.05, 0.1) is 11.5 Å². The monoisotopic (exact) mass is 358 g/mol. The number of aryl methyl sites for hydroxylation is 1. The topological polar surface area (TPSA) is 90.2 Å². The van der Waals surface area contributed by atoms with Crippen molar-refractivity contribution in [1.29, 1.82) is 5.26 Å².